The van der Waals surface area contributed by atoms with Crippen LogP contribution in [0.15, 0.2) is 23.2 Å². The normalized spacial score (nSPS) is 22.7. The van der Waals surface area contributed by atoms with Crippen molar-refractivity contribution >= 4 is 21.6 Å². The summed E-state index contributed by atoms with van der Waals surface area (Å²) in [5.41, 5.74) is 0. The zero-order chi connectivity index (χ0) is 13.2. The maximum atomic E-state index is 12.4. The summed E-state index contributed by atoms with van der Waals surface area (Å²) in [5.74, 6) is 0. The van der Waals surface area contributed by atoms with Crippen LogP contribution in [0.2, 0.25) is 5.15 Å². The Morgan fingerprint density at radius 1 is 1.56 bits per heavy atom. The van der Waals surface area contributed by atoms with E-state index in [1.165, 1.54) is 22.6 Å². The van der Waals surface area contributed by atoms with Gasteiger partial charge in [0.15, 0.2) is 0 Å². The lowest BCUT2D eigenvalue weighted by Gasteiger charge is -2.21. The van der Waals surface area contributed by atoms with E-state index in [1.54, 1.807) is 0 Å². The number of hydrogen-bond donors (Lipinski definition) is 0. The summed E-state index contributed by atoms with van der Waals surface area (Å²) >= 11 is 5.73. The molecule has 0 radical (unpaired) electrons. The van der Waals surface area contributed by atoms with E-state index in [1.807, 2.05) is 6.92 Å². The zero-order valence-corrected chi connectivity index (χ0v) is 11.6. The van der Waals surface area contributed by atoms with Crippen LogP contribution in [0.3, 0.4) is 0 Å². The Morgan fingerprint density at radius 2 is 2.33 bits per heavy atom. The highest BCUT2D eigenvalue weighted by Gasteiger charge is 2.27. The Labute approximate surface area is 112 Å². The van der Waals surface area contributed by atoms with Gasteiger partial charge in [-0.05, 0) is 25.5 Å². The molecule has 18 heavy (non-hydrogen) atoms. The lowest BCUT2D eigenvalue weighted by molar-refractivity contribution is 0.0752. The van der Waals surface area contributed by atoms with Gasteiger partial charge in [0.05, 0.1) is 11.0 Å². The van der Waals surface area contributed by atoms with Crippen molar-refractivity contribution in [1.29, 1.82) is 0 Å². The van der Waals surface area contributed by atoms with Crippen molar-refractivity contribution in [1.82, 2.24) is 9.29 Å². The summed E-state index contributed by atoms with van der Waals surface area (Å²) in [6.45, 7) is 3.28. The van der Waals surface area contributed by atoms with Gasteiger partial charge in [-0.1, -0.05) is 11.6 Å². The van der Waals surface area contributed by atoms with Gasteiger partial charge in [0.25, 0.3) is 0 Å². The number of pyridine rings is 1. The summed E-state index contributed by atoms with van der Waals surface area (Å²) in [6, 6.07) is 2.82. The molecule has 1 fully saturated rings. The second kappa shape index (κ2) is 5.52. The van der Waals surface area contributed by atoms with Crippen molar-refractivity contribution in [2.24, 2.45) is 0 Å². The van der Waals surface area contributed by atoms with Gasteiger partial charge in [-0.3, -0.25) is 0 Å². The van der Waals surface area contributed by atoms with E-state index in [0.717, 1.165) is 0 Å². The first-order valence-corrected chi connectivity index (χ1v) is 7.55. The SMILES string of the molecule is CC1CN(S(=O)(=O)c2ccnc(Cl)c2)CCCO1. The molecule has 1 aliphatic heterocycles. The summed E-state index contributed by atoms with van der Waals surface area (Å²) in [7, 11) is -3.51. The highest BCUT2D eigenvalue weighted by atomic mass is 35.5. The quantitative estimate of drug-likeness (QED) is 0.775. The lowest BCUT2D eigenvalue weighted by atomic mass is 10.4. The number of ether oxygens (including phenoxy) is 1. The molecule has 0 aliphatic carbocycles. The van der Waals surface area contributed by atoms with Crippen LogP contribution in [0.5, 0.6) is 0 Å². The van der Waals surface area contributed by atoms with Crippen LogP contribution < -0.4 is 0 Å². The molecule has 1 saturated heterocycles. The molecule has 1 aromatic heterocycles. The van der Waals surface area contributed by atoms with Gasteiger partial charge in [-0.2, -0.15) is 4.31 Å². The second-order valence-corrected chi connectivity index (χ2v) is 6.54. The van der Waals surface area contributed by atoms with Gasteiger partial charge >= 0.3 is 0 Å². The van der Waals surface area contributed by atoms with Gasteiger partial charge in [0, 0.05) is 25.9 Å². The van der Waals surface area contributed by atoms with E-state index in [4.69, 9.17) is 16.3 Å². The van der Waals surface area contributed by atoms with E-state index in [2.05, 4.69) is 4.98 Å². The molecule has 1 unspecified atom stereocenters. The molecule has 7 heteroatoms. The van der Waals surface area contributed by atoms with Crippen LogP contribution >= 0.6 is 11.6 Å². The fourth-order valence-corrected chi connectivity index (χ4v) is 3.67. The van der Waals surface area contributed by atoms with Crippen molar-refractivity contribution in [3.63, 3.8) is 0 Å². The Morgan fingerprint density at radius 3 is 3.06 bits per heavy atom. The Bertz CT molecular complexity index is 521. The first kappa shape index (κ1) is 13.7. The molecule has 0 N–H and O–H groups in total. The van der Waals surface area contributed by atoms with Gasteiger partial charge in [-0.25, -0.2) is 13.4 Å². The predicted octanol–water partition coefficient (Wildman–Crippen LogP) is 1.53. The Balaban J connectivity index is 2.30. The molecular formula is C11H15ClN2O3S. The minimum atomic E-state index is -3.51. The van der Waals surface area contributed by atoms with Crippen molar-refractivity contribution in [2.45, 2.75) is 24.3 Å². The summed E-state index contributed by atoms with van der Waals surface area (Å²) in [6.07, 6.45) is 2.00. The number of sulfonamides is 1. The third kappa shape index (κ3) is 3.00. The standard InChI is InChI=1S/C11H15ClN2O3S/c1-9-8-14(5-2-6-17-9)18(15,16)10-3-4-13-11(12)7-10/h3-4,7,9H,2,5-6,8H2,1H3. The van der Waals surface area contributed by atoms with E-state index >= 15 is 0 Å². The van der Waals surface area contributed by atoms with Crippen molar-refractivity contribution < 1.29 is 13.2 Å². The van der Waals surface area contributed by atoms with E-state index in [9.17, 15) is 8.42 Å². The fourth-order valence-electron chi connectivity index (χ4n) is 1.87. The average Bonchev–Trinajstić information content (AvgIpc) is 2.54. The van der Waals surface area contributed by atoms with Gasteiger partial charge < -0.3 is 4.74 Å². The van der Waals surface area contributed by atoms with E-state index in [0.29, 0.717) is 26.1 Å². The zero-order valence-electron chi connectivity index (χ0n) is 10.0. The Kier molecular flexibility index (Phi) is 4.21. The molecule has 1 aliphatic rings. The lowest BCUT2D eigenvalue weighted by Crippen LogP contribution is -2.35. The molecule has 5 nitrogen and oxygen atoms in total. The number of hydrogen-bond acceptors (Lipinski definition) is 4. The van der Waals surface area contributed by atoms with Crippen LogP contribution in [0.25, 0.3) is 0 Å². The van der Waals surface area contributed by atoms with Crippen molar-refractivity contribution in [3.8, 4) is 0 Å². The maximum absolute atomic E-state index is 12.4. The van der Waals surface area contributed by atoms with Crippen molar-refractivity contribution in [2.75, 3.05) is 19.7 Å². The monoisotopic (exact) mass is 290 g/mol. The third-order valence-corrected chi connectivity index (χ3v) is 4.82. The van der Waals surface area contributed by atoms with E-state index in [-0.39, 0.29) is 16.2 Å². The van der Waals surface area contributed by atoms with E-state index < -0.39 is 10.0 Å². The minimum Gasteiger partial charge on any atom is -0.377 e. The molecular weight excluding hydrogens is 276 g/mol. The number of halogens is 1. The third-order valence-electron chi connectivity index (χ3n) is 2.75. The van der Waals surface area contributed by atoms with Crippen LogP contribution in [-0.2, 0) is 14.8 Å². The first-order chi connectivity index (χ1) is 8.50. The predicted molar refractivity (Wildman–Crippen MR) is 68.0 cm³/mol. The number of nitrogens with zero attached hydrogens (tertiary/aromatic N) is 2. The fraction of sp³-hybridized carbons (Fsp3) is 0.545. The molecule has 0 aromatic carbocycles. The van der Waals surface area contributed by atoms with Crippen LogP contribution in [0, 0.1) is 0 Å². The largest absolute Gasteiger partial charge is 0.377 e. The van der Waals surface area contributed by atoms with Crippen LogP contribution in [0.1, 0.15) is 13.3 Å². The molecule has 0 amide bonds. The van der Waals surface area contributed by atoms with Crippen LogP contribution in [0.4, 0.5) is 0 Å². The molecule has 1 aromatic rings. The van der Waals surface area contributed by atoms with Crippen LogP contribution in [-0.4, -0.2) is 43.5 Å². The number of aromatic nitrogens is 1. The van der Waals surface area contributed by atoms with Gasteiger partial charge in [0.1, 0.15) is 5.15 Å². The molecule has 2 heterocycles. The van der Waals surface area contributed by atoms with Gasteiger partial charge in [0.2, 0.25) is 10.0 Å². The molecule has 100 valence electrons. The number of rotatable bonds is 2. The Hall–Kier alpha value is -0.690. The maximum Gasteiger partial charge on any atom is 0.243 e. The molecule has 1 atom stereocenters. The highest BCUT2D eigenvalue weighted by Crippen LogP contribution is 2.20. The first-order valence-electron chi connectivity index (χ1n) is 5.73. The highest BCUT2D eigenvalue weighted by molar-refractivity contribution is 7.89. The van der Waals surface area contributed by atoms with Gasteiger partial charge in [-0.15, -0.1) is 0 Å². The molecule has 2 rings (SSSR count). The summed E-state index contributed by atoms with van der Waals surface area (Å²) < 4.78 is 31.7. The topological polar surface area (TPSA) is 59.5 Å². The summed E-state index contributed by atoms with van der Waals surface area (Å²) in [5, 5.41) is 0.176. The van der Waals surface area contributed by atoms with Crippen molar-refractivity contribution in [3.05, 3.63) is 23.5 Å². The average molecular weight is 291 g/mol. The molecule has 0 saturated carbocycles. The second-order valence-electron chi connectivity index (χ2n) is 4.21. The minimum absolute atomic E-state index is 0.0976. The molecule has 0 spiro atoms. The smallest absolute Gasteiger partial charge is 0.243 e. The molecule has 0 bridgehead atoms. The summed E-state index contributed by atoms with van der Waals surface area (Å²) in [4.78, 5) is 3.97.